The van der Waals surface area contributed by atoms with Crippen molar-refractivity contribution in [3.63, 3.8) is 0 Å². The molecule has 3 aliphatic carbocycles. The summed E-state index contributed by atoms with van der Waals surface area (Å²) in [6.45, 7) is 9.57. The molecule has 0 bridgehead atoms. The molecular weight excluding hydrogens is 751 g/mol. The van der Waals surface area contributed by atoms with Gasteiger partial charge in [0.1, 0.15) is 11.2 Å². The van der Waals surface area contributed by atoms with Crippen LogP contribution in [0.2, 0.25) is 0 Å². The number of rotatable bonds is 6. The van der Waals surface area contributed by atoms with Crippen molar-refractivity contribution in [2.24, 2.45) is 0 Å². The molecule has 298 valence electrons. The van der Waals surface area contributed by atoms with E-state index in [-0.39, 0.29) is 10.8 Å². The highest BCUT2D eigenvalue weighted by atomic mass is 16.3. The Labute approximate surface area is 364 Å². The summed E-state index contributed by atoms with van der Waals surface area (Å²) < 4.78 is 6.30. The van der Waals surface area contributed by atoms with Crippen LogP contribution in [-0.4, -0.2) is 0 Å². The monoisotopic (exact) mass is 797 g/mol. The van der Waals surface area contributed by atoms with E-state index < -0.39 is 0 Å². The van der Waals surface area contributed by atoms with Gasteiger partial charge in [0, 0.05) is 38.5 Å². The van der Waals surface area contributed by atoms with Gasteiger partial charge in [0.25, 0.3) is 0 Å². The zero-order valence-electron chi connectivity index (χ0n) is 35.7. The van der Waals surface area contributed by atoms with E-state index >= 15 is 0 Å². The van der Waals surface area contributed by atoms with E-state index in [1.807, 2.05) is 12.1 Å². The van der Waals surface area contributed by atoms with Crippen molar-refractivity contribution in [1.29, 1.82) is 0 Å². The number of anilines is 3. The third-order valence-electron chi connectivity index (χ3n) is 14.1. The molecule has 0 spiro atoms. The number of para-hydroxylation sites is 1. The quantitative estimate of drug-likeness (QED) is 0.167. The fourth-order valence-corrected chi connectivity index (χ4v) is 10.8. The normalized spacial score (nSPS) is 15.3. The first-order chi connectivity index (χ1) is 30.2. The predicted molar refractivity (Wildman–Crippen MR) is 261 cm³/mol. The molecule has 0 saturated heterocycles. The maximum atomic E-state index is 6.30. The highest BCUT2D eigenvalue weighted by molar-refractivity contribution is 6.06. The summed E-state index contributed by atoms with van der Waals surface area (Å²) in [5.41, 5.74) is 23.2. The van der Waals surface area contributed by atoms with Crippen molar-refractivity contribution in [1.82, 2.24) is 0 Å². The van der Waals surface area contributed by atoms with Crippen molar-refractivity contribution in [2.75, 3.05) is 4.90 Å². The molecule has 0 N–H and O–H groups in total. The van der Waals surface area contributed by atoms with E-state index in [2.05, 4.69) is 209 Å². The largest absolute Gasteiger partial charge is 0.456 e. The van der Waals surface area contributed by atoms with Crippen LogP contribution in [0.15, 0.2) is 193 Å². The first-order valence-corrected chi connectivity index (χ1v) is 22.1. The number of benzene rings is 8. The second-order valence-electron chi connectivity index (χ2n) is 18.4. The molecule has 62 heavy (non-hydrogen) atoms. The number of hydrogen-bond donors (Lipinski definition) is 0. The standard InChI is InChI=1S/C60H47NO/c1-59(2)51-17-10-8-15-46(51)49-36-54-50(37-53(49)59)58-52(60(54,3)4)18-12-19-55(58)61(44-30-25-41(26-31-44)40-23-21-39(22-24-40)38-13-6-5-7-14-38)45-32-27-42(28-33-45)43-29-34-48-47-16-9-11-20-56(47)62-57(48)35-43/h6,8-37H,5,7H2,1-4H3. The second kappa shape index (κ2) is 13.7. The number of fused-ring (bicyclic) bond motifs is 9. The van der Waals surface area contributed by atoms with Gasteiger partial charge in [0.15, 0.2) is 0 Å². The number of allylic oxidation sites excluding steroid dienone is 4. The molecule has 3 aliphatic rings. The second-order valence-corrected chi connectivity index (χ2v) is 18.4. The van der Waals surface area contributed by atoms with Crippen LogP contribution >= 0.6 is 0 Å². The molecule has 0 fully saturated rings. The van der Waals surface area contributed by atoms with Gasteiger partial charge < -0.3 is 9.32 Å². The topological polar surface area (TPSA) is 16.4 Å². The third-order valence-corrected chi connectivity index (χ3v) is 14.1. The van der Waals surface area contributed by atoms with Gasteiger partial charge in [-0.1, -0.05) is 155 Å². The highest BCUT2D eigenvalue weighted by Gasteiger charge is 2.43. The Balaban J connectivity index is 0.986. The Hall–Kier alpha value is -7.16. The fraction of sp³-hybridized carbons (Fsp3) is 0.133. The molecule has 0 unspecified atom stereocenters. The third kappa shape index (κ3) is 5.56. The molecule has 12 rings (SSSR count). The van der Waals surface area contributed by atoms with Crippen LogP contribution in [-0.2, 0) is 10.8 Å². The lowest BCUT2D eigenvalue weighted by molar-refractivity contribution is 0.652. The average Bonchev–Trinajstić information content (AvgIpc) is 3.88. The molecule has 0 amide bonds. The Morgan fingerprint density at radius 3 is 1.76 bits per heavy atom. The molecule has 8 aromatic carbocycles. The van der Waals surface area contributed by atoms with Gasteiger partial charge in [-0.3, -0.25) is 0 Å². The van der Waals surface area contributed by atoms with E-state index in [0.29, 0.717) is 0 Å². The zero-order valence-corrected chi connectivity index (χ0v) is 35.7. The summed E-state index contributed by atoms with van der Waals surface area (Å²) in [4.78, 5) is 2.47. The molecule has 2 nitrogen and oxygen atoms in total. The van der Waals surface area contributed by atoms with Crippen molar-refractivity contribution < 1.29 is 4.42 Å². The first kappa shape index (κ1) is 36.7. The summed E-state index contributed by atoms with van der Waals surface area (Å²) in [5.74, 6) is 0. The number of hydrogen-bond acceptors (Lipinski definition) is 2. The lowest BCUT2D eigenvalue weighted by Gasteiger charge is -2.29. The molecule has 0 radical (unpaired) electrons. The van der Waals surface area contributed by atoms with Crippen molar-refractivity contribution in [2.45, 2.75) is 51.4 Å². The van der Waals surface area contributed by atoms with E-state index in [1.54, 1.807) is 0 Å². The predicted octanol–water partition coefficient (Wildman–Crippen LogP) is 16.7. The smallest absolute Gasteiger partial charge is 0.136 e. The van der Waals surface area contributed by atoms with Gasteiger partial charge in [0.05, 0.1) is 5.69 Å². The van der Waals surface area contributed by atoms with Crippen LogP contribution in [0.1, 0.15) is 68.4 Å². The Bertz CT molecular complexity index is 3320. The minimum atomic E-state index is -0.179. The van der Waals surface area contributed by atoms with Crippen molar-refractivity contribution in [3.8, 4) is 44.5 Å². The molecule has 9 aromatic rings. The van der Waals surface area contributed by atoms with Crippen LogP contribution in [0.4, 0.5) is 17.1 Å². The van der Waals surface area contributed by atoms with Gasteiger partial charge in [-0.15, -0.1) is 0 Å². The minimum absolute atomic E-state index is 0.0955. The number of nitrogens with zero attached hydrogens (tertiary/aromatic N) is 1. The molecule has 0 atom stereocenters. The summed E-state index contributed by atoms with van der Waals surface area (Å²) in [5, 5.41) is 2.29. The van der Waals surface area contributed by atoms with E-state index in [0.717, 1.165) is 57.3 Å². The van der Waals surface area contributed by atoms with E-state index in [9.17, 15) is 0 Å². The fourth-order valence-electron chi connectivity index (χ4n) is 10.8. The Morgan fingerprint density at radius 1 is 0.435 bits per heavy atom. The SMILES string of the molecule is CC1(C)c2ccccc2-c2cc3c(cc21)-c1c(N(c2ccc(-c4ccc(C5=CCCC=C5)cc4)cc2)c2ccc(-c4ccc5c(c4)oc4ccccc45)cc2)cccc1C3(C)C. The van der Waals surface area contributed by atoms with E-state index in [4.69, 9.17) is 4.42 Å². The minimum Gasteiger partial charge on any atom is -0.456 e. The van der Waals surface area contributed by atoms with Gasteiger partial charge in [-0.25, -0.2) is 0 Å². The maximum absolute atomic E-state index is 6.30. The van der Waals surface area contributed by atoms with Gasteiger partial charge in [-0.05, 0) is 146 Å². The van der Waals surface area contributed by atoms with E-state index in [1.165, 1.54) is 72.5 Å². The van der Waals surface area contributed by atoms with Gasteiger partial charge in [-0.2, -0.15) is 0 Å². The van der Waals surface area contributed by atoms with Gasteiger partial charge >= 0.3 is 0 Å². The van der Waals surface area contributed by atoms with Crippen LogP contribution in [0.25, 0.3) is 72.0 Å². The summed E-state index contributed by atoms with van der Waals surface area (Å²) in [7, 11) is 0. The summed E-state index contributed by atoms with van der Waals surface area (Å²) in [6, 6.07) is 63.1. The highest BCUT2D eigenvalue weighted by Crippen LogP contribution is 2.59. The molecule has 0 saturated carbocycles. The average molecular weight is 798 g/mol. The Kier molecular flexibility index (Phi) is 8.09. The molecular formula is C60H47NO. The molecule has 2 heteroatoms. The summed E-state index contributed by atoms with van der Waals surface area (Å²) in [6.07, 6.45) is 9.10. The lowest BCUT2D eigenvalue weighted by atomic mass is 9.79. The molecule has 1 aromatic heterocycles. The van der Waals surface area contributed by atoms with Crippen LogP contribution < -0.4 is 4.90 Å². The van der Waals surface area contributed by atoms with Crippen LogP contribution in [0.5, 0.6) is 0 Å². The molecule has 1 heterocycles. The zero-order chi connectivity index (χ0) is 41.7. The first-order valence-electron chi connectivity index (χ1n) is 22.1. The lowest BCUT2D eigenvalue weighted by Crippen LogP contribution is -2.17. The van der Waals surface area contributed by atoms with Gasteiger partial charge in [0.2, 0.25) is 0 Å². The van der Waals surface area contributed by atoms with Crippen LogP contribution in [0, 0.1) is 0 Å². The Morgan fingerprint density at radius 2 is 1.02 bits per heavy atom. The summed E-state index contributed by atoms with van der Waals surface area (Å²) >= 11 is 0. The maximum Gasteiger partial charge on any atom is 0.136 e. The van der Waals surface area contributed by atoms with Crippen molar-refractivity contribution in [3.05, 3.63) is 216 Å². The molecule has 0 aliphatic heterocycles. The van der Waals surface area contributed by atoms with Crippen LogP contribution in [0.3, 0.4) is 0 Å². The number of furan rings is 1. The van der Waals surface area contributed by atoms with Crippen molar-refractivity contribution >= 4 is 44.6 Å².